The first kappa shape index (κ1) is 9.42. The number of rotatable bonds is 2. The Morgan fingerprint density at radius 3 is 2.94 bits per heavy atom. The van der Waals surface area contributed by atoms with Crippen molar-refractivity contribution in [3.63, 3.8) is 0 Å². The minimum atomic E-state index is -1.12. The molecule has 0 saturated heterocycles. The monoisotopic (exact) mass is 216 g/mol. The fourth-order valence-corrected chi connectivity index (χ4v) is 1.72. The number of nitrogens with one attached hydrogen (secondary N) is 2. The molecule has 0 atom stereocenters. The number of aliphatic hydroxyl groups is 1. The number of aromatic nitrogens is 1. The van der Waals surface area contributed by atoms with Gasteiger partial charge in [0.2, 0.25) is 0 Å². The fraction of sp³-hybridized carbons (Fsp3) is 0.250. The Morgan fingerprint density at radius 2 is 2.19 bits per heavy atom. The van der Waals surface area contributed by atoms with Crippen molar-refractivity contribution in [1.29, 1.82) is 0 Å². The number of carbonyl (C=O) groups excluding carboxylic acids is 1. The summed E-state index contributed by atoms with van der Waals surface area (Å²) in [6.07, 6.45) is 2.97. The molecule has 1 heterocycles. The molecule has 0 unspecified atom stereocenters. The molecule has 4 heteroatoms. The summed E-state index contributed by atoms with van der Waals surface area (Å²) in [5, 5.41) is 13.4. The lowest BCUT2D eigenvalue weighted by atomic mass is 10.2. The van der Waals surface area contributed by atoms with Crippen molar-refractivity contribution < 1.29 is 9.90 Å². The molecular formula is C12H12N2O2. The Balaban J connectivity index is 1.86. The van der Waals surface area contributed by atoms with E-state index in [-0.39, 0.29) is 5.91 Å². The van der Waals surface area contributed by atoms with Crippen molar-refractivity contribution in [2.24, 2.45) is 0 Å². The zero-order valence-corrected chi connectivity index (χ0v) is 8.66. The molecule has 0 spiro atoms. The largest absolute Gasteiger partial charge is 0.380 e. The Labute approximate surface area is 92.3 Å². The first-order valence-corrected chi connectivity index (χ1v) is 5.28. The first-order valence-electron chi connectivity index (χ1n) is 5.28. The molecule has 2 aromatic rings. The van der Waals surface area contributed by atoms with E-state index in [0.717, 1.165) is 10.9 Å². The van der Waals surface area contributed by atoms with Gasteiger partial charge in [-0.25, -0.2) is 0 Å². The highest BCUT2D eigenvalue weighted by atomic mass is 16.3. The summed E-state index contributed by atoms with van der Waals surface area (Å²) >= 11 is 0. The van der Waals surface area contributed by atoms with Gasteiger partial charge in [-0.15, -0.1) is 0 Å². The molecule has 82 valence electrons. The number of hydrogen-bond acceptors (Lipinski definition) is 2. The summed E-state index contributed by atoms with van der Waals surface area (Å²) in [7, 11) is 0. The maximum absolute atomic E-state index is 11.6. The summed E-state index contributed by atoms with van der Waals surface area (Å²) in [6.45, 7) is 0. The van der Waals surface area contributed by atoms with Gasteiger partial charge in [-0.05, 0) is 36.4 Å². The lowest BCUT2D eigenvalue weighted by Gasteiger charge is -2.09. The van der Waals surface area contributed by atoms with Gasteiger partial charge in [0.25, 0.3) is 5.91 Å². The van der Waals surface area contributed by atoms with E-state index in [1.165, 1.54) is 0 Å². The first-order chi connectivity index (χ1) is 7.67. The average molecular weight is 216 g/mol. The molecule has 0 bridgehead atoms. The second kappa shape index (κ2) is 3.09. The molecule has 1 aromatic carbocycles. The summed E-state index contributed by atoms with van der Waals surface area (Å²) < 4.78 is 0. The van der Waals surface area contributed by atoms with E-state index >= 15 is 0 Å². The molecule has 3 rings (SSSR count). The van der Waals surface area contributed by atoms with Gasteiger partial charge >= 0.3 is 0 Å². The highest BCUT2D eigenvalue weighted by Gasteiger charge is 2.48. The Morgan fingerprint density at radius 1 is 1.38 bits per heavy atom. The summed E-state index contributed by atoms with van der Waals surface area (Å²) in [4.78, 5) is 14.7. The van der Waals surface area contributed by atoms with E-state index < -0.39 is 5.60 Å². The Bertz CT molecular complexity index is 555. The molecule has 0 radical (unpaired) electrons. The third-order valence-electron chi connectivity index (χ3n) is 2.96. The molecule has 3 N–H and O–H groups in total. The molecule has 4 nitrogen and oxygen atoms in total. The summed E-state index contributed by atoms with van der Waals surface area (Å²) in [5.74, 6) is -0.307. The number of fused-ring (bicyclic) bond motifs is 1. The van der Waals surface area contributed by atoms with Gasteiger partial charge in [0.1, 0.15) is 5.60 Å². The van der Waals surface area contributed by atoms with Gasteiger partial charge in [-0.2, -0.15) is 0 Å². The maximum Gasteiger partial charge on any atom is 0.256 e. The minimum absolute atomic E-state index is 0.307. The lowest BCUT2D eigenvalue weighted by molar-refractivity contribution is -0.125. The molecule has 1 aliphatic rings. The van der Waals surface area contributed by atoms with Crippen LogP contribution < -0.4 is 5.32 Å². The molecular weight excluding hydrogens is 204 g/mol. The van der Waals surface area contributed by atoms with Gasteiger partial charge in [0.05, 0.1) is 0 Å². The summed E-state index contributed by atoms with van der Waals surface area (Å²) in [5.41, 5.74) is 0.561. The predicted molar refractivity (Wildman–Crippen MR) is 61.1 cm³/mol. The van der Waals surface area contributed by atoms with E-state index in [1.54, 1.807) is 0 Å². The van der Waals surface area contributed by atoms with Gasteiger partial charge in [0.15, 0.2) is 0 Å². The normalized spacial score (nSPS) is 17.3. The number of hydrogen-bond donors (Lipinski definition) is 3. The smallest absolute Gasteiger partial charge is 0.256 e. The van der Waals surface area contributed by atoms with Crippen LogP contribution in [0, 0.1) is 0 Å². The third kappa shape index (κ3) is 1.47. The molecule has 1 aliphatic carbocycles. The second-order valence-corrected chi connectivity index (χ2v) is 4.27. The number of carbonyl (C=O) groups is 1. The molecule has 1 saturated carbocycles. The van der Waals surface area contributed by atoms with Crippen LogP contribution >= 0.6 is 0 Å². The number of amides is 1. The van der Waals surface area contributed by atoms with Crippen LogP contribution in [0.15, 0.2) is 30.5 Å². The molecule has 0 aliphatic heterocycles. The van der Waals surface area contributed by atoms with Crippen molar-refractivity contribution in [2.45, 2.75) is 18.4 Å². The van der Waals surface area contributed by atoms with Crippen LogP contribution in [-0.2, 0) is 4.79 Å². The predicted octanol–water partition coefficient (Wildman–Crippen LogP) is 1.63. The van der Waals surface area contributed by atoms with Crippen molar-refractivity contribution in [3.8, 4) is 0 Å². The van der Waals surface area contributed by atoms with Crippen LogP contribution in [-0.4, -0.2) is 21.6 Å². The number of anilines is 1. The Kier molecular flexibility index (Phi) is 1.82. The molecule has 1 fully saturated rings. The molecule has 1 amide bonds. The van der Waals surface area contributed by atoms with Crippen molar-refractivity contribution in [3.05, 3.63) is 30.5 Å². The second-order valence-electron chi connectivity index (χ2n) is 4.27. The van der Waals surface area contributed by atoms with E-state index in [9.17, 15) is 9.90 Å². The summed E-state index contributed by atoms with van der Waals surface area (Å²) in [6, 6.07) is 7.59. The Hall–Kier alpha value is -1.81. The van der Waals surface area contributed by atoms with Crippen molar-refractivity contribution in [1.82, 2.24) is 4.98 Å². The lowest BCUT2D eigenvalue weighted by Crippen LogP contribution is -2.29. The van der Waals surface area contributed by atoms with Gasteiger partial charge in [0, 0.05) is 17.4 Å². The van der Waals surface area contributed by atoms with Crippen LogP contribution in [0.5, 0.6) is 0 Å². The number of aromatic amines is 1. The van der Waals surface area contributed by atoms with Crippen molar-refractivity contribution >= 4 is 22.5 Å². The average Bonchev–Trinajstić information content (AvgIpc) is 2.87. The number of H-pyrrole nitrogens is 1. The number of benzene rings is 1. The van der Waals surface area contributed by atoms with Gasteiger partial charge < -0.3 is 15.4 Å². The standard InChI is InChI=1S/C12H12N2O2/c15-11(12(16)4-5-12)14-9-2-1-8-3-6-13-10(8)7-9/h1-3,6-7,13,16H,4-5H2,(H,14,15). The minimum Gasteiger partial charge on any atom is -0.380 e. The highest BCUT2D eigenvalue weighted by Crippen LogP contribution is 2.36. The highest BCUT2D eigenvalue weighted by molar-refractivity contribution is 6.00. The van der Waals surface area contributed by atoms with E-state index in [2.05, 4.69) is 10.3 Å². The maximum atomic E-state index is 11.6. The fourth-order valence-electron chi connectivity index (χ4n) is 1.72. The zero-order chi connectivity index (χ0) is 11.2. The molecule has 1 aromatic heterocycles. The third-order valence-corrected chi connectivity index (χ3v) is 2.96. The van der Waals surface area contributed by atoms with E-state index in [0.29, 0.717) is 18.5 Å². The zero-order valence-electron chi connectivity index (χ0n) is 8.66. The van der Waals surface area contributed by atoms with Crippen LogP contribution in [0.1, 0.15) is 12.8 Å². The van der Waals surface area contributed by atoms with Gasteiger partial charge in [-0.1, -0.05) is 6.07 Å². The van der Waals surface area contributed by atoms with Crippen LogP contribution in [0.3, 0.4) is 0 Å². The van der Waals surface area contributed by atoms with Gasteiger partial charge in [-0.3, -0.25) is 4.79 Å². The van der Waals surface area contributed by atoms with Crippen LogP contribution in [0.2, 0.25) is 0 Å². The van der Waals surface area contributed by atoms with E-state index in [1.807, 2.05) is 30.5 Å². The quantitative estimate of drug-likeness (QED) is 0.714. The SMILES string of the molecule is O=C(Nc1ccc2cc[nH]c2c1)C1(O)CC1. The van der Waals surface area contributed by atoms with Crippen molar-refractivity contribution in [2.75, 3.05) is 5.32 Å². The van der Waals surface area contributed by atoms with Crippen LogP contribution in [0.4, 0.5) is 5.69 Å². The molecule has 16 heavy (non-hydrogen) atoms. The topological polar surface area (TPSA) is 65.1 Å². The van der Waals surface area contributed by atoms with Crippen LogP contribution in [0.25, 0.3) is 10.9 Å². The van der Waals surface area contributed by atoms with E-state index in [4.69, 9.17) is 0 Å².